The van der Waals surface area contributed by atoms with Gasteiger partial charge in [-0.05, 0) is 36.4 Å². The number of carbonyl (C=O) groups excluding carboxylic acids is 2. The highest BCUT2D eigenvalue weighted by molar-refractivity contribution is 5.94. The third kappa shape index (κ3) is 5.21. The molecule has 0 bridgehead atoms. The lowest BCUT2D eigenvalue weighted by Crippen LogP contribution is -2.50. The van der Waals surface area contributed by atoms with E-state index in [1.165, 1.54) is 0 Å². The predicted molar refractivity (Wildman–Crippen MR) is 106 cm³/mol. The van der Waals surface area contributed by atoms with Gasteiger partial charge in [-0.1, -0.05) is 18.2 Å². The number of nitrogens with zero attached hydrogens (tertiary/aromatic N) is 2. The summed E-state index contributed by atoms with van der Waals surface area (Å²) < 4.78 is 0. The molecule has 0 aliphatic carbocycles. The average Bonchev–Trinajstić information content (AvgIpc) is 2.63. The summed E-state index contributed by atoms with van der Waals surface area (Å²) >= 11 is 0. The SMILES string of the molecule is Cl.Nc1ccc(C(=O)N2CCN(CC(=O)Nc3ccccc3)CC2)cc1. The molecule has 3 rings (SSSR count). The number of hydrogen-bond donors (Lipinski definition) is 2. The molecule has 26 heavy (non-hydrogen) atoms. The summed E-state index contributed by atoms with van der Waals surface area (Å²) in [7, 11) is 0. The highest BCUT2D eigenvalue weighted by Crippen LogP contribution is 2.11. The van der Waals surface area contributed by atoms with Crippen LogP contribution in [-0.4, -0.2) is 54.3 Å². The molecule has 2 aromatic carbocycles. The van der Waals surface area contributed by atoms with Gasteiger partial charge < -0.3 is 16.0 Å². The number of halogens is 1. The average molecular weight is 375 g/mol. The van der Waals surface area contributed by atoms with Crippen molar-refractivity contribution in [3.05, 3.63) is 60.2 Å². The molecule has 138 valence electrons. The summed E-state index contributed by atoms with van der Waals surface area (Å²) in [5.41, 5.74) is 7.74. The van der Waals surface area contributed by atoms with Gasteiger partial charge in [0.15, 0.2) is 0 Å². The number of nitrogens with one attached hydrogen (secondary N) is 1. The fraction of sp³-hybridized carbons (Fsp3) is 0.263. The maximum Gasteiger partial charge on any atom is 0.253 e. The minimum Gasteiger partial charge on any atom is -0.399 e. The van der Waals surface area contributed by atoms with Crippen molar-refractivity contribution in [1.29, 1.82) is 0 Å². The van der Waals surface area contributed by atoms with Crippen molar-refractivity contribution in [2.75, 3.05) is 43.8 Å². The Morgan fingerprint density at radius 1 is 0.923 bits per heavy atom. The molecule has 0 radical (unpaired) electrons. The zero-order valence-corrected chi connectivity index (χ0v) is 15.2. The number of para-hydroxylation sites is 1. The molecule has 1 fully saturated rings. The summed E-state index contributed by atoms with van der Waals surface area (Å²) in [5.74, 6) is -0.0297. The number of rotatable bonds is 4. The smallest absolute Gasteiger partial charge is 0.253 e. The number of anilines is 2. The van der Waals surface area contributed by atoms with Gasteiger partial charge in [-0.3, -0.25) is 14.5 Å². The molecule has 6 nitrogen and oxygen atoms in total. The largest absolute Gasteiger partial charge is 0.399 e. The van der Waals surface area contributed by atoms with Crippen molar-refractivity contribution < 1.29 is 9.59 Å². The topological polar surface area (TPSA) is 78.7 Å². The molecule has 0 unspecified atom stereocenters. The number of amides is 2. The Balaban J connectivity index is 0.00000243. The van der Waals surface area contributed by atoms with Crippen molar-refractivity contribution in [3.8, 4) is 0 Å². The van der Waals surface area contributed by atoms with Gasteiger partial charge in [0.1, 0.15) is 0 Å². The van der Waals surface area contributed by atoms with E-state index >= 15 is 0 Å². The number of nitrogen functional groups attached to an aromatic ring is 1. The van der Waals surface area contributed by atoms with Gasteiger partial charge in [-0.2, -0.15) is 0 Å². The van der Waals surface area contributed by atoms with E-state index in [2.05, 4.69) is 10.2 Å². The molecule has 1 heterocycles. The van der Waals surface area contributed by atoms with Gasteiger partial charge in [-0.15, -0.1) is 12.4 Å². The quantitative estimate of drug-likeness (QED) is 0.803. The van der Waals surface area contributed by atoms with E-state index in [4.69, 9.17) is 5.73 Å². The van der Waals surface area contributed by atoms with Crippen LogP contribution >= 0.6 is 12.4 Å². The van der Waals surface area contributed by atoms with Gasteiger partial charge in [0.05, 0.1) is 6.54 Å². The number of hydrogen-bond acceptors (Lipinski definition) is 4. The molecule has 1 saturated heterocycles. The molecule has 0 aromatic heterocycles. The van der Waals surface area contributed by atoms with Crippen LogP contribution in [-0.2, 0) is 4.79 Å². The van der Waals surface area contributed by atoms with Crippen LogP contribution in [0.5, 0.6) is 0 Å². The molecule has 0 atom stereocenters. The van der Waals surface area contributed by atoms with Crippen LogP contribution in [0.15, 0.2) is 54.6 Å². The Kier molecular flexibility index (Phi) is 7.00. The minimum absolute atomic E-state index is 0. The van der Waals surface area contributed by atoms with E-state index in [1.807, 2.05) is 35.2 Å². The van der Waals surface area contributed by atoms with Crippen LogP contribution < -0.4 is 11.1 Å². The van der Waals surface area contributed by atoms with Crippen molar-refractivity contribution in [1.82, 2.24) is 9.80 Å². The van der Waals surface area contributed by atoms with Crippen LogP contribution in [0.4, 0.5) is 11.4 Å². The lowest BCUT2D eigenvalue weighted by molar-refractivity contribution is -0.117. The molecule has 2 aromatic rings. The number of carbonyl (C=O) groups is 2. The molecule has 1 aliphatic rings. The van der Waals surface area contributed by atoms with Crippen LogP contribution in [0.25, 0.3) is 0 Å². The summed E-state index contributed by atoms with van der Waals surface area (Å²) in [5, 5.41) is 2.88. The van der Waals surface area contributed by atoms with Gasteiger partial charge in [0.25, 0.3) is 5.91 Å². The molecular weight excluding hydrogens is 352 g/mol. The molecule has 1 aliphatic heterocycles. The lowest BCUT2D eigenvalue weighted by Gasteiger charge is -2.34. The molecule has 0 spiro atoms. The summed E-state index contributed by atoms with van der Waals surface area (Å²) in [6.07, 6.45) is 0. The van der Waals surface area contributed by atoms with Crippen molar-refractivity contribution >= 4 is 35.6 Å². The zero-order chi connectivity index (χ0) is 17.6. The van der Waals surface area contributed by atoms with Crippen molar-refractivity contribution in [2.45, 2.75) is 0 Å². The van der Waals surface area contributed by atoms with E-state index in [1.54, 1.807) is 24.3 Å². The molecule has 0 saturated carbocycles. The Hall–Kier alpha value is -2.57. The maximum absolute atomic E-state index is 12.5. The first-order valence-corrected chi connectivity index (χ1v) is 8.34. The minimum atomic E-state index is -0.0375. The molecule has 2 amide bonds. The lowest BCUT2D eigenvalue weighted by atomic mass is 10.1. The second kappa shape index (κ2) is 9.22. The van der Waals surface area contributed by atoms with Gasteiger partial charge in [0, 0.05) is 43.1 Å². The summed E-state index contributed by atoms with van der Waals surface area (Å²) in [6.45, 7) is 2.92. The van der Waals surface area contributed by atoms with E-state index in [0.717, 1.165) is 5.69 Å². The Morgan fingerprint density at radius 2 is 1.54 bits per heavy atom. The summed E-state index contributed by atoms with van der Waals surface area (Å²) in [4.78, 5) is 28.4. The van der Waals surface area contributed by atoms with E-state index in [9.17, 15) is 9.59 Å². The second-order valence-corrected chi connectivity index (χ2v) is 6.10. The van der Waals surface area contributed by atoms with Crippen molar-refractivity contribution in [3.63, 3.8) is 0 Å². The highest BCUT2D eigenvalue weighted by atomic mass is 35.5. The third-order valence-corrected chi connectivity index (χ3v) is 4.24. The van der Waals surface area contributed by atoms with E-state index in [0.29, 0.717) is 44.0 Å². The number of benzene rings is 2. The third-order valence-electron chi connectivity index (χ3n) is 4.24. The Labute approximate surface area is 159 Å². The second-order valence-electron chi connectivity index (χ2n) is 6.10. The first-order valence-electron chi connectivity index (χ1n) is 8.34. The fourth-order valence-corrected chi connectivity index (χ4v) is 2.84. The van der Waals surface area contributed by atoms with Crippen LogP contribution in [0.2, 0.25) is 0 Å². The van der Waals surface area contributed by atoms with Gasteiger partial charge in [-0.25, -0.2) is 0 Å². The molecular formula is C19H23ClN4O2. The first kappa shape index (κ1) is 19.8. The standard InChI is InChI=1S/C19H22N4O2.ClH/c20-16-8-6-15(7-9-16)19(25)23-12-10-22(11-13-23)14-18(24)21-17-4-2-1-3-5-17;/h1-9H,10-14,20H2,(H,21,24);1H. The number of piperazine rings is 1. The van der Waals surface area contributed by atoms with Crippen LogP contribution in [0.1, 0.15) is 10.4 Å². The van der Waals surface area contributed by atoms with Gasteiger partial charge in [0.2, 0.25) is 5.91 Å². The summed E-state index contributed by atoms with van der Waals surface area (Å²) in [6, 6.07) is 16.4. The monoisotopic (exact) mass is 374 g/mol. The Bertz CT molecular complexity index is 729. The van der Waals surface area contributed by atoms with Crippen LogP contribution in [0, 0.1) is 0 Å². The molecule has 3 N–H and O–H groups in total. The predicted octanol–water partition coefficient (Wildman–Crippen LogP) is 2.09. The van der Waals surface area contributed by atoms with E-state index in [-0.39, 0.29) is 24.2 Å². The van der Waals surface area contributed by atoms with Crippen LogP contribution in [0.3, 0.4) is 0 Å². The normalized spacial score (nSPS) is 14.4. The van der Waals surface area contributed by atoms with Gasteiger partial charge >= 0.3 is 0 Å². The Morgan fingerprint density at radius 3 is 2.15 bits per heavy atom. The van der Waals surface area contributed by atoms with E-state index < -0.39 is 0 Å². The zero-order valence-electron chi connectivity index (χ0n) is 14.4. The van der Waals surface area contributed by atoms with Crippen molar-refractivity contribution in [2.24, 2.45) is 0 Å². The highest BCUT2D eigenvalue weighted by Gasteiger charge is 2.23. The maximum atomic E-state index is 12.5. The molecule has 7 heteroatoms. The fourth-order valence-electron chi connectivity index (χ4n) is 2.84. The number of nitrogens with two attached hydrogens (primary N) is 1. The first-order chi connectivity index (χ1) is 12.1.